The van der Waals surface area contributed by atoms with Crippen LogP contribution < -0.4 is 5.32 Å². The molecule has 0 amide bonds. The van der Waals surface area contributed by atoms with E-state index in [1.807, 2.05) is 0 Å². The fraction of sp³-hybridized carbons (Fsp3) is 0.650. The summed E-state index contributed by atoms with van der Waals surface area (Å²) in [7, 11) is 2.25. The lowest BCUT2D eigenvalue weighted by Crippen LogP contribution is -2.48. The van der Waals surface area contributed by atoms with Crippen LogP contribution in [0.4, 0.5) is 5.69 Å². The Morgan fingerprint density at radius 3 is 2.52 bits per heavy atom. The van der Waals surface area contributed by atoms with Crippen molar-refractivity contribution in [3.63, 3.8) is 0 Å². The molecule has 0 bridgehead atoms. The molecule has 2 aliphatic heterocycles. The monoisotopic (exact) mass is 361 g/mol. The lowest BCUT2D eigenvalue weighted by atomic mass is 10.0. The molecule has 1 N–H and O–H groups in total. The van der Waals surface area contributed by atoms with Gasteiger partial charge < -0.3 is 19.9 Å². The summed E-state index contributed by atoms with van der Waals surface area (Å²) in [5.74, 6) is 0. The molecule has 0 unspecified atom stereocenters. The number of nitrogens with zero attached hydrogens (tertiary/aromatic N) is 2. The number of thiocarbonyl (C=S) groups is 1. The maximum atomic E-state index is 5.78. The van der Waals surface area contributed by atoms with Gasteiger partial charge in [0.2, 0.25) is 0 Å². The highest BCUT2D eigenvalue weighted by Crippen LogP contribution is 2.22. The van der Waals surface area contributed by atoms with Gasteiger partial charge in [0, 0.05) is 38.0 Å². The molecule has 0 saturated carbocycles. The van der Waals surface area contributed by atoms with Gasteiger partial charge in [-0.15, -0.1) is 0 Å². The van der Waals surface area contributed by atoms with Gasteiger partial charge in [0.25, 0.3) is 0 Å². The summed E-state index contributed by atoms with van der Waals surface area (Å²) in [6, 6.07) is 6.99. The highest BCUT2D eigenvalue weighted by Gasteiger charge is 2.26. The Balaban J connectivity index is 1.49. The molecule has 138 valence electrons. The van der Waals surface area contributed by atoms with Crippen LogP contribution >= 0.6 is 12.2 Å². The SMILES string of the molecule is Cc1cccc(C)c1NC(=S)N1CCC(N(C)C[C@H]2CCCO2)CC1. The number of rotatable bonds is 4. The van der Waals surface area contributed by atoms with Crippen molar-refractivity contribution < 1.29 is 4.74 Å². The zero-order chi connectivity index (χ0) is 17.8. The largest absolute Gasteiger partial charge is 0.377 e. The highest BCUT2D eigenvalue weighted by atomic mass is 32.1. The van der Waals surface area contributed by atoms with E-state index in [0.29, 0.717) is 12.1 Å². The minimum atomic E-state index is 0.440. The predicted molar refractivity (Wildman–Crippen MR) is 108 cm³/mol. The van der Waals surface area contributed by atoms with Crippen LogP contribution in [-0.4, -0.2) is 60.3 Å². The topological polar surface area (TPSA) is 27.7 Å². The summed E-state index contributed by atoms with van der Waals surface area (Å²) < 4.78 is 5.78. The summed E-state index contributed by atoms with van der Waals surface area (Å²) in [5.41, 5.74) is 3.65. The fourth-order valence-electron chi connectivity index (χ4n) is 3.97. The molecule has 2 saturated heterocycles. The first-order valence-electron chi connectivity index (χ1n) is 9.48. The molecular formula is C20H31N3OS. The lowest BCUT2D eigenvalue weighted by Gasteiger charge is -2.38. The maximum Gasteiger partial charge on any atom is 0.173 e. The molecule has 3 rings (SSSR count). The second kappa shape index (κ2) is 8.47. The molecule has 0 aliphatic carbocycles. The quantitative estimate of drug-likeness (QED) is 0.828. The van der Waals surface area contributed by atoms with E-state index in [1.54, 1.807) is 0 Å². The molecule has 4 nitrogen and oxygen atoms in total. The van der Waals surface area contributed by atoms with Crippen molar-refractivity contribution in [2.45, 2.75) is 51.7 Å². The van der Waals surface area contributed by atoms with Crippen LogP contribution in [0.1, 0.15) is 36.8 Å². The van der Waals surface area contributed by atoms with Crippen molar-refractivity contribution in [3.05, 3.63) is 29.3 Å². The van der Waals surface area contributed by atoms with E-state index in [4.69, 9.17) is 17.0 Å². The Kier molecular flexibility index (Phi) is 6.31. The van der Waals surface area contributed by atoms with Gasteiger partial charge >= 0.3 is 0 Å². The molecule has 1 aromatic carbocycles. The van der Waals surface area contributed by atoms with Crippen molar-refractivity contribution in [3.8, 4) is 0 Å². The standard InChI is InChI=1S/C20H31N3OS/c1-15-6-4-7-16(2)19(15)21-20(25)23-11-9-17(10-12-23)22(3)14-18-8-5-13-24-18/h4,6-7,17-18H,5,8-14H2,1-3H3,(H,21,25)/t18-/m1/s1. The summed E-state index contributed by atoms with van der Waals surface area (Å²) in [5, 5.41) is 4.33. The van der Waals surface area contributed by atoms with E-state index in [1.165, 1.54) is 24.0 Å². The molecule has 2 fully saturated rings. The van der Waals surface area contributed by atoms with E-state index >= 15 is 0 Å². The van der Waals surface area contributed by atoms with E-state index in [0.717, 1.165) is 49.9 Å². The second-order valence-electron chi connectivity index (χ2n) is 7.49. The molecule has 2 aliphatic rings. The van der Waals surface area contributed by atoms with Gasteiger partial charge in [-0.2, -0.15) is 0 Å². The number of anilines is 1. The first-order chi connectivity index (χ1) is 12.0. The van der Waals surface area contributed by atoms with E-state index in [9.17, 15) is 0 Å². The Bertz CT molecular complexity index is 572. The Hall–Kier alpha value is -1.17. The van der Waals surface area contributed by atoms with Crippen LogP contribution in [0.5, 0.6) is 0 Å². The van der Waals surface area contributed by atoms with Crippen LogP contribution in [0.25, 0.3) is 0 Å². The first kappa shape index (κ1) is 18.6. The molecule has 2 heterocycles. The minimum absolute atomic E-state index is 0.440. The van der Waals surface area contributed by atoms with Gasteiger partial charge in [-0.05, 0) is 69.9 Å². The molecule has 0 radical (unpaired) electrons. The number of hydrogen-bond acceptors (Lipinski definition) is 3. The average Bonchev–Trinajstić information content (AvgIpc) is 3.11. The molecular weight excluding hydrogens is 330 g/mol. The van der Waals surface area contributed by atoms with E-state index < -0.39 is 0 Å². The van der Waals surface area contributed by atoms with Gasteiger partial charge in [0.1, 0.15) is 0 Å². The van der Waals surface area contributed by atoms with Gasteiger partial charge in [-0.3, -0.25) is 0 Å². The second-order valence-corrected chi connectivity index (χ2v) is 7.88. The van der Waals surface area contributed by atoms with Gasteiger partial charge in [-0.1, -0.05) is 18.2 Å². The smallest absolute Gasteiger partial charge is 0.173 e. The lowest BCUT2D eigenvalue weighted by molar-refractivity contribution is 0.0576. The number of aryl methyl sites for hydroxylation is 2. The summed E-state index contributed by atoms with van der Waals surface area (Å²) in [6.07, 6.45) is 5.20. The number of likely N-dealkylation sites (N-methyl/N-ethyl adjacent to an activating group) is 1. The summed E-state index contributed by atoms with van der Waals surface area (Å²) in [6.45, 7) is 8.31. The minimum Gasteiger partial charge on any atom is -0.377 e. The number of nitrogens with one attached hydrogen (secondary N) is 1. The summed E-state index contributed by atoms with van der Waals surface area (Å²) in [4.78, 5) is 4.81. The van der Waals surface area contributed by atoms with E-state index in [2.05, 4.69) is 54.2 Å². The molecule has 1 atom stereocenters. The third-order valence-corrected chi connectivity index (χ3v) is 5.96. The van der Waals surface area contributed by atoms with Gasteiger partial charge in [-0.25, -0.2) is 0 Å². The number of benzene rings is 1. The Morgan fingerprint density at radius 1 is 1.24 bits per heavy atom. The average molecular weight is 362 g/mol. The van der Waals surface area contributed by atoms with Gasteiger partial charge in [0.05, 0.1) is 6.10 Å². The Morgan fingerprint density at radius 2 is 1.92 bits per heavy atom. The molecule has 5 heteroatoms. The van der Waals surface area contributed by atoms with E-state index in [-0.39, 0.29) is 0 Å². The number of likely N-dealkylation sites (tertiary alicyclic amines) is 1. The van der Waals surface area contributed by atoms with Crippen molar-refractivity contribution in [1.82, 2.24) is 9.80 Å². The zero-order valence-electron chi connectivity index (χ0n) is 15.8. The molecule has 0 aromatic heterocycles. The van der Waals surface area contributed by atoms with Crippen LogP contribution in [0.15, 0.2) is 18.2 Å². The third-order valence-electron chi connectivity index (χ3n) is 5.60. The normalized spacial score (nSPS) is 21.8. The van der Waals surface area contributed by atoms with Crippen LogP contribution in [-0.2, 0) is 4.74 Å². The van der Waals surface area contributed by atoms with Crippen LogP contribution in [0.3, 0.4) is 0 Å². The van der Waals surface area contributed by atoms with Crippen LogP contribution in [0, 0.1) is 13.8 Å². The number of piperidine rings is 1. The third kappa shape index (κ3) is 4.72. The van der Waals surface area contributed by atoms with Crippen molar-refractivity contribution in [1.29, 1.82) is 0 Å². The first-order valence-corrected chi connectivity index (χ1v) is 9.89. The number of hydrogen-bond donors (Lipinski definition) is 1. The fourth-order valence-corrected chi connectivity index (χ4v) is 4.25. The number of ether oxygens (including phenoxy) is 1. The molecule has 0 spiro atoms. The van der Waals surface area contributed by atoms with Crippen molar-refractivity contribution in [2.75, 3.05) is 38.6 Å². The zero-order valence-corrected chi connectivity index (χ0v) is 16.6. The highest BCUT2D eigenvalue weighted by molar-refractivity contribution is 7.80. The molecule has 1 aromatic rings. The van der Waals surface area contributed by atoms with Crippen molar-refractivity contribution >= 4 is 23.0 Å². The molecule has 25 heavy (non-hydrogen) atoms. The van der Waals surface area contributed by atoms with Crippen molar-refractivity contribution in [2.24, 2.45) is 0 Å². The van der Waals surface area contributed by atoms with Crippen LogP contribution in [0.2, 0.25) is 0 Å². The maximum absolute atomic E-state index is 5.78. The number of para-hydroxylation sites is 1. The Labute approximate surface area is 157 Å². The van der Waals surface area contributed by atoms with Gasteiger partial charge in [0.15, 0.2) is 5.11 Å². The predicted octanol–water partition coefficient (Wildman–Crippen LogP) is 3.58. The summed E-state index contributed by atoms with van der Waals surface area (Å²) >= 11 is 5.68.